The highest BCUT2D eigenvalue weighted by atomic mass is 16.5. The normalized spacial score (nSPS) is 10.5. The van der Waals surface area contributed by atoms with Crippen LogP contribution in [0.3, 0.4) is 0 Å². The van der Waals surface area contributed by atoms with Gasteiger partial charge in [-0.25, -0.2) is 9.97 Å². The molecule has 1 aromatic carbocycles. The molecular weight excluding hydrogens is 266 g/mol. The number of imidazole rings is 1. The molecule has 6 nitrogen and oxygen atoms in total. The lowest BCUT2D eigenvalue weighted by molar-refractivity contribution is 0.397. The van der Waals surface area contributed by atoms with Crippen molar-refractivity contribution in [3.8, 4) is 11.9 Å². The van der Waals surface area contributed by atoms with E-state index in [1.54, 1.807) is 25.4 Å². The van der Waals surface area contributed by atoms with E-state index in [1.165, 1.54) is 0 Å². The summed E-state index contributed by atoms with van der Waals surface area (Å²) in [5.41, 5.74) is 8.93. The van der Waals surface area contributed by atoms with Crippen LogP contribution in [-0.2, 0) is 6.54 Å². The fourth-order valence-electron chi connectivity index (χ4n) is 2.23. The Morgan fingerprint density at radius 3 is 2.86 bits per heavy atom. The first-order chi connectivity index (χ1) is 10.2. The summed E-state index contributed by atoms with van der Waals surface area (Å²) in [6, 6.07) is 11.3. The van der Waals surface area contributed by atoms with E-state index < -0.39 is 0 Å². The van der Waals surface area contributed by atoms with E-state index in [2.05, 4.69) is 16.0 Å². The first-order valence-electron chi connectivity index (χ1n) is 6.36. The Hall–Kier alpha value is -3.07. The molecule has 0 aliphatic rings. The van der Waals surface area contributed by atoms with Crippen LogP contribution in [0.15, 0.2) is 36.5 Å². The van der Waals surface area contributed by atoms with Gasteiger partial charge >= 0.3 is 0 Å². The number of para-hydroxylation sites is 1. The van der Waals surface area contributed by atoms with Gasteiger partial charge in [0.05, 0.1) is 24.7 Å². The van der Waals surface area contributed by atoms with Gasteiger partial charge in [-0.3, -0.25) is 0 Å². The predicted octanol–water partition coefficient (Wildman–Crippen LogP) is 1.94. The minimum absolute atomic E-state index is 0.378. The molecule has 0 unspecified atom stereocenters. The van der Waals surface area contributed by atoms with Crippen molar-refractivity contribution < 1.29 is 4.74 Å². The quantitative estimate of drug-likeness (QED) is 0.791. The van der Waals surface area contributed by atoms with E-state index in [4.69, 9.17) is 15.7 Å². The van der Waals surface area contributed by atoms with Crippen LogP contribution < -0.4 is 10.5 Å². The van der Waals surface area contributed by atoms with Crippen LogP contribution in [0, 0.1) is 11.3 Å². The fourth-order valence-corrected chi connectivity index (χ4v) is 2.23. The van der Waals surface area contributed by atoms with Crippen molar-refractivity contribution >= 4 is 17.0 Å². The maximum Gasteiger partial charge on any atom is 0.212 e. The third-order valence-electron chi connectivity index (χ3n) is 3.28. The smallest absolute Gasteiger partial charge is 0.212 e. The molecule has 3 aromatic rings. The number of ether oxygens (including phenoxy) is 1. The Balaban J connectivity index is 2.04. The van der Waals surface area contributed by atoms with Crippen LogP contribution in [-0.4, -0.2) is 21.6 Å². The number of pyridine rings is 1. The first-order valence-corrected chi connectivity index (χ1v) is 6.36. The molecule has 104 valence electrons. The molecule has 0 spiro atoms. The van der Waals surface area contributed by atoms with E-state index in [0.29, 0.717) is 29.5 Å². The van der Waals surface area contributed by atoms with Gasteiger partial charge in [-0.2, -0.15) is 5.26 Å². The Bertz CT molecular complexity index is 830. The molecule has 21 heavy (non-hydrogen) atoms. The topological polar surface area (TPSA) is 89.8 Å². The first kappa shape index (κ1) is 12.9. The van der Waals surface area contributed by atoms with Crippen LogP contribution in [0.25, 0.3) is 11.0 Å². The molecule has 0 atom stereocenters. The summed E-state index contributed by atoms with van der Waals surface area (Å²) in [6.07, 6.45) is 1.73. The van der Waals surface area contributed by atoms with E-state index >= 15 is 0 Å². The number of nitriles is 1. The van der Waals surface area contributed by atoms with Crippen molar-refractivity contribution in [2.45, 2.75) is 6.54 Å². The maximum absolute atomic E-state index is 9.12. The van der Waals surface area contributed by atoms with Crippen LogP contribution in [0.5, 0.6) is 5.88 Å². The highest BCUT2D eigenvalue weighted by Crippen LogP contribution is 2.22. The molecule has 6 heteroatoms. The summed E-state index contributed by atoms with van der Waals surface area (Å²) in [5, 5.41) is 9.12. The lowest BCUT2D eigenvalue weighted by Crippen LogP contribution is -2.05. The number of methoxy groups -OCH3 is 1. The monoisotopic (exact) mass is 279 g/mol. The van der Waals surface area contributed by atoms with Gasteiger partial charge in [0.2, 0.25) is 11.8 Å². The average Bonchev–Trinajstić information content (AvgIpc) is 2.84. The number of fused-ring (bicyclic) bond motifs is 1. The highest BCUT2D eigenvalue weighted by molar-refractivity contribution is 5.84. The van der Waals surface area contributed by atoms with Crippen LogP contribution >= 0.6 is 0 Å². The van der Waals surface area contributed by atoms with Gasteiger partial charge in [-0.05, 0) is 17.7 Å². The molecule has 0 saturated carbocycles. The fraction of sp³-hybridized carbons (Fsp3) is 0.133. The molecule has 0 bridgehead atoms. The zero-order valence-electron chi connectivity index (χ0n) is 11.4. The van der Waals surface area contributed by atoms with Crippen molar-refractivity contribution in [2.75, 3.05) is 12.8 Å². The molecule has 2 aromatic heterocycles. The summed E-state index contributed by atoms with van der Waals surface area (Å²) < 4.78 is 6.90. The standard InChI is InChI=1S/C15H13N5O/c1-21-13-6-5-10(8-18-13)9-20-12-4-2-3-11(7-16)14(12)19-15(20)17/h2-6,8H,9H2,1H3,(H2,17,19). The van der Waals surface area contributed by atoms with Gasteiger partial charge in [-0.1, -0.05) is 12.1 Å². The number of aromatic nitrogens is 3. The number of hydrogen-bond donors (Lipinski definition) is 1. The molecule has 0 saturated heterocycles. The second-order valence-electron chi connectivity index (χ2n) is 4.55. The van der Waals surface area contributed by atoms with Gasteiger partial charge in [0.1, 0.15) is 11.6 Å². The van der Waals surface area contributed by atoms with E-state index in [1.807, 2.05) is 22.8 Å². The second kappa shape index (κ2) is 5.13. The minimum atomic E-state index is 0.378. The van der Waals surface area contributed by atoms with Crippen LogP contribution in [0.4, 0.5) is 5.95 Å². The van der Waals surface area contributed by atoms with Crippen molar-refractivity contribution in [2.24, 2.45) is 0 Å². The third kappa shape index (κ3) is 2.25. The Morgan fingerprint density at radius 2 is 2.19 bits per heavy atom. The second-order valence-corrected chi connectivity index (χ2v) is 4.55. The molecule has 0 radical (unpaired) electrons. The summed E-state index contributed by atoms with van der Waals surface area (Å²) >= 11 is 0. The zero-order valence-corrected chi connectivity index (χ0v) is 11.4. The summed E-state index contributed by atoms with van der Waals surface area (Å²) in [5.74, 6) is 0.942. The summed E-state index contributed by atoms with van der Waals surface area (Å²) in [4.78, 5) is 8.46. The van der Waals surface area contributed by atoms with Gasteiger partial charge in [0.15, 0.2) is 0 Å². The molecular formula is C15H13N5O. The molecule has 3 rings (SSSR count). The number of hydrogen-bond acceptors (Lipinski definition) is 5. The Kier molecular flexibility index (Phi) is 3.16. The van der Waals surface area contributed by atoms with E-state index in [0.717, 1.165) is 11.1 Å². The highest BCUT2D eigenvalue weighted by Gasteiger charge is 2.11. The lowest BCUT2D eigenvalue weighted by atomic mass is 10.2. The van der Waals surface area contributed by atoms with Gasteiger partial charge < -0.3 is 15.0 Å². The number of benzene rings is 1. The van der Waals surface area contributed by atoms with Crippen molar-refractivity contribution in [3.05, 3.63) is 47.7 Å². The van der Waals surface area contributed by atoms with Crippen molar-refractivity contribution in [3.63, 3.8) is 0 Å². The summed E-state index contributed by atoms with van der Waals surface area (Å²) in [6.45, 7) is 0.536. The predicted molar refractivity (Wildman–Crippen MR) is 78.8 cm³/mol. The van der Waals surface area contributed by atoms with Gasteiger partial charge in [0.25, 0.3) is 0 Å². The molecule has 0 fully saturated rings. The molecule has 2 heterocycles. The van der Waals surface area contributed by atoms with Crippen molar-refractivity contribution in [1.29, 1.82) is 5.26 Å². The van der Waals surface area contributed by atoms with Gasteiger partial charge in [-0.15, -0.1) is 0 Å². The maximum atomic E-state index is 9.12. The largest absolute Gasteiger partial charge is 0.481 e. The Labute approximate surface area is 121 Å². The average molecular weight is 279 g/mol. The van der Waals surface area contributed by atoms with Gasteiger partial charge in [0, 0.05) is 12.3 Å². The SMILES string of the molecule is COc1ccc(Cn2c(N)nc3c(C#N)cccc32)cn1. The number of rotatable bonds is 3. The number of nitrogens with zero attached hydrogens (tertiary/aromatic N) is 4. The molecule has 0 aliphatic heterocycles. The zero-order chi connectivity index (χ0) is 14.8. The van der Waals surface area contributed by atoms with E-state index in [9.17, 15) is 0 Å². The number of nitrogens with two attached hydrogens (primary N) is 1. The van der Waals surface area contributed by atoms with E-state index in [-0.39, 0.29) is 0 Å². The minimum Gasteiger partial charge on any atom is -0.481 e. The molecule has 0 amide bonds. The number of anilines is 1. The molecule has 0 aliphatic carbocycles. The lowest BCUT2D eigenvalue weighted by Gasteiger charge is -2.07. The summed E-state index contributed by atoms with van der Waals surface area (Å²) in [7, 11) is 1.58. The third-order valence-corrected chi connectivity index (χ3v) is 3.28. The van der Waals surface area contributed by atoms with Crippen molar-refractivity contribution in [1.82, 2.24) is 14.5 Å². The Morgan fingerprint density at radius 1 is 1.33 bits per heavy atom. The number of nitrogen functional groups attached to an aromatic ring is 1. The van der Waals surface area contributed by atoms with Crippen LogP contribution in [0.1, 0.15) is 11.1 Å². The van der Waals surface area contributed by atoms with Crippen LogP contribution in [0.2, 0.25) is 0 Å². The molecule has 2 N–H and O–H groups in total.